The quantitative estimate of drug-likeness (QED) is 0.669. The van der Waals surface area contributed by atoms with Gasteiger partial charge in [-0.2, -0.15) is 13.2 Å². The zero-order valence-corrected chi connectivity index (χ0v) is 9.83. The molecule has 1 atom stereocenters. The fraction of sp³-hybridized carbons (Fsp3) is 0.417. The van der Waals surface area contributed by atoms with Gasteiger partial charge in [0.15, 0.2) is 0 Å². The highest BCUT2D eigenvalue weighted by Gasteiger charge is 2.27. The molecule has 0 fully saturated rings. The van der Waals surface area contributed by atoms with E-state index >= 15 is 0 Å². The fourth-order valence-electron chi connectivity index (χ4n) is 1.46. The summed E-state index contributed by atoms with van der Waals surface area (Å²) in [4.78, 5) is 10.7. The Morgan fingerprint density at radius 1 is 1.44 bits per heavy atom. The maximum absolute atomic E-state index is 12.1. The first-order chi connectivity index (χ1) is 8.28. The molecule has 0 saturated carbocycles. The summed E-state index contributed by atoms with van der Waals surface area (Å²) in [6.07, 6.45) is -5.36. The SMILES string of the molecule is CC(=O)Oc1cccc([C@@H](N)CCC(F)(F)F)c1. The largest absolute Gasteiger partial charge is 0.427 e. The minimum Gasteiger partial charge on any atom is -0.427 e. The van der Waals surface area contributed by atoms with Crippen molar-refractivity contribution >= 4 is 5.97 Å². The Hall–Kier alpha value is -1.56. The lowest BCUT2D eigenvalue weighted by Crippen LogP contribution is -2.16. The van der Waals surface area contributed by atoms with E-state index in [0.717, 1.165) is 0 Å². The van der Waals surface area contributed by atoms with Crippen molar-refractivity contribution in [2.45, 2.75) is 32.0 Å². The van der Waals surface area contributed by atoms with Crippen LogP contribution in [0.3, 0.4) is 0 Å². The first kappa shape index (κ1) is 14.5. The average molecular weight is 261 g/mol. The molecule has 0 heterocycles. The van der Waals surface area contributed by atoms with Gasteiger partial charge in [0.1, 0.15) is 5.75 Å². The van der Waals surface area contributed by atoms with Crippen LogP contribution in [-0.4, -0.2) is 12.1 Å². The van der Waals surface area contributed by atoms with Crippen LogP contribution in [0, 0.1) is 0 Å². The minimum absolute atomic E-state index is 0.201. The molecular formula is C12H14F3NO2. The molecule has 0 bridgehead atoms. The van der Waals surface area contributed by atoms with Crippen LogP contribution in [0.25, 0.3) is 0 Å². The van der Waals surface area contributed by atoms with Gasteiger partial charge in [-0.1, -0.05) is 12.1 Å². The van der Waals surface area contributed by atoms with Gasteiger partial charge < -0.3 is 10.5 Å². The van der Waals surface area contributed by atoms with Gasteiger partial charge in [-0.15, -0.1) is 0 Å². The molecule has 2 N–H and O–H groups in total. The summed E-state index contributed by atoms with van der Waals surface area (Å²) in [6, 6.07) is 5.47. The molecule has 0 aliphatic carbocycles. The highest BCUT2D eigenvalue weighted by molar-refractivity contribution is 5.69. The van der Waals surface area contributed by atoms with E-state index in [2.05, 4.69) is 0 Å². The second kappa shape index (κ2) is 5.86. The number of carbonyl (C=O) groups is 1. The second-order valence-electron chi connectivity index (χ2n) is 3.93. The Labute approximate surface area is 103 Å². The Morgan fingerprint density at radius 2 is 2.11 bits per heavy atom. The molecule has 18 heavy (non-hydrogen) atoms. The number of esters is 1. The molecule has 0 radical (unpaired) electrons. The van der Waals surface area contributed by atoms with Crippen LogP contribution >= 0.6 is 0 Å². The van der Waals surface area contributed by atoms with Crippen LogP contribution in [-0.2, 0) is 4.79 Å². The Balaban J connectivity index is 2.68. The summed E-state index contributed by atoms with van der Waals surface area (Å²) < 4.78 is 41.0. The highest BCUT2D eigenvalue weighted by atomic mass is 19.4. The number of nitrogens with two attached hydrogens (primary N) is 1. The lowest BCUT2D eigenvalue weighted by molar-refractivity contribution is -0.136. The third-order valence-corrected chi connectivity index (χ3v) is 2.29. The molecule has 0 aliphatic heterocycles. The van der Waals surface area contributed by atoms with Crippen molar-refractivity contribution < 1.29 is 22.7 Å². The smallest absolute Gasteiger partial charge is 0.389 e. The Kier molecular flexibility index (Phi) is 4.72. The van der Waals surface area contributed by atoms with Crippen molar-refractivity contribution in [1.82, 2.24) is 0 Å². The van der Waals surface area contributed by atoms with Crippen molar-refractivity contribution in [2.75, 3.05) is 0 Å². The predicted molar refractivity (Wildman–Crippen MR) is 60.0 cm³/mol. The molecule has 0 aliphatic rings. The lowest BCUT2D eigenvalue weighted by Gasteiger charge is -2.14. The van der Waals surface area contributed by atoms with Crippen LogP contribution in [0.2, 0.25) is 0 Å². The van der Waals surface area contributed by atoms with Gasteiger partial charge >= 0.3 is 12.1 Å². The van der Waals surface area contributed by atoms with Crippen LogP contribution in [0.1, 0.15) is 31.4 Å². The van der Waals surface area contributed by atoms with Gasteiger partial charge in [0, 0.05) is 19.4 Å². The topological polar surface area (TPSA) is 52.3 Å². The molecule has 0 unspecified atom stereocenters. The normalized spacial score (nSPS) is 13.2. The van der Waals surface area contributed by atoms with Gasteiger partial charge in [-0.05, 0) is 24.1 Å². The number of ether oxygens (including phenoxy) is 1. The highest BCUT2D eigenvalue weighted by Crippen LogP contribution is 2.27. The number of hydrogen-bond acceptors (Lipinski definition) is 3. The average Bonchev–Trinajstić information content (AvgIpc) is 2.24. The van der Waals surface area contributed by atoms with Gasteiger partial charge in [-0.3, -0.25) is 4.79 Å². The van der Waals surface area contributed by atoms with E-state index in [1.807, 2.05) is 0 Å². The maximum Gasteiger partial charge on any atom is 0.389 e. The lowest BCUT2D eigenvalue weighted by atomic mass is 10.0. The van der Waals surface area contributed by atoms with E-state index in [1.165, 1.54) is 13.0 Å². The molecule has 0 spiro atoms. The predicted octanol–water partition coefficient (Wildman–Crippen LogP) is 2.95. The molecule has 0 aromatic heterocycles. The van der Waals surface area contributed by atoms with Gasteiger partial charge in [0.2, 0.25) is 0 Å². The van der Waals surface area contributed by atoms with E-state index in [0.29, 0.717) is 5.56 Å². The number of rotatable bonds is 4. The number of hydrogen-bond donors (Lipinski definition) is 1. The Morgan fingerprint density at radius 3 is 2.67 bits per heavy atom. The molecule has 1 rings (SSSR count). The molecule has 3 nitrogen and oxygen atoms in total. The molecule has 1 aromatic rings. The summed E-state index contributed by atoms with van der Waals surface area (Å²) in [7, 11) is 0. The maximum atomic E-state index is 12.1. The first-order valence-corrected chi connectivity index (χ1v) is 5.38. The molecule has 1 aromatic carbocycles. The van der Waals surface area contributed by atoms with E-state index in [1.54, 1.807) is 18.2 Å². The summed E-state index contributed by atoms with van der Waals surface area (Å²) in [6.45, 7) is 1.25. The van der Waals surface area contributed by atoms with E-state index in [4.69, 9.17) is 10.5 Å². The summed E-state index contributed by atoms with van der Waals surface area (Å²) in [5, 5.41) is 0. The van der Waals surface area contributed by atoms with Crippen LogP contribution in [0.4, 0.5) is 13.2 Å². The van der Waals surface area contributed by atoms with Crippen LogP contribution in [0.5, 0.6) is 5.75 Å². The van der Waals surface area contributed by atoms with Crippen molar-refractivity contribution in [3.8, 4) is 5.75 Å². The monoisotopic (exact) mass is 261 g/mol. The van der Waals surface area contributed by atoms with Crippen molar-refractivity contribution in [1.29, 1.82) is 0 Å². The number of alkyl halides is 3. The molecule has 6 heteroatoms. The van der Waals surface area contributed by atoms with E-state index in [-0.39, 0.29) is 12.2 Å². The molecular weight excluding hydrogens is 247 g/mol. The third-order valence-electron chi connectivity index (χ3n) is 2.29. The number of benzene rings is 1. The third kappa shape index (κ3) is 5.18. The fourth-order valence-corrected chi connectivity index (χ4v) is 1.46. The minimum atomic E-state index is -4.22. The molecule has 100 valence electrons. The first-order valence-electron chi connectivity index (χ1n) is 5.38. The number of carbonyl (C=O) groups excluding carboxylic acids is 1. The van der Waals surface area contributed by atoms with Crippen LogP contribution < -0.4 is 10.5 Å². The summed E-state index contributed by atoms with van der Waals surface area (Å²) >= 11 is 0. The van der Waals surface area contributed by atoms with E-state index in [9.17, 15) is 18.0 Å². The van der Waals surface area contributed by atoms with Crippen molar-refractivity contribution in [3.63, 3.8) is 0 Å². The van der Waals surface area contributed by atoms with Gasteiger partial charge in [0.05, 0.1) is 0 Å². The van der Waals surface area contributed by atoms with E-state index < -0.39 is 24.6 Å². The Bertz CT molecular complexity index is 418. The van der Waals surface area contributed by atoms with Gasteiger partial charge in [0.25, 0.3) is 0 Å². The zero-order chi connectivity index (χ0) is 13.8. The standard InChI is InChI=1S/C12H14F3NO2/c1-8(17)18-10-4-2-3-9(7-10)11(16)5-6-12(13,14)15/h2-4,7,11H,5-6,16H2,1H3/t11-/m0/s1. The van der Waals surface area contributed by atoms with Crippen LogP contribution in [0.15, 0.2) is 24.3 Å². The second-order valence-corrected chi connectivity index (χ2v) is 3.93. The van der Waals surface area contributed by atoms with Crippen molar-refractivity contribution in [3.05, 3.63) is 29.8 Å². The summed E-state index contributed by atoms with van der Waals surface area (Å²) in [5.41, 5.74) is 6.17. The molecule has 0 amide bonds. The zero-order valence-electron chi connectivity index (χ0n) is 9.83. The number of halogens is 3. The van der Waals surface area contributed by atoms with Crippen molar-refractivity contribution in [2.24, 2.45) is 5.73 Å². The van der Waals surface area contributed by atoms with Gasteiger partial charge in [-0.25, -0.2) is 0 Å². The summed E-state index contributed by atoms with van der Waals surface area (Å²) in [5.74, 6) is -0.210. The molecule has 0 saturated heterocycles.